The van der Waals surface area contributed by atoms with Crippen LogP contribution in [-0.4, -0.2) is 31.7 Å². The van der Waals surface area contributed by atoms with E-state index in [4.69, 9.17) is 14.5 Å². The van der Waals surface area contributed by atoms with Crippen LogP contribution in [0.1, 0.15) is 18.5 Å². The van der Waals surface area contributed by atoms with E-state index < -0.39 is 0 Å². The van der Waals surface area contributed by atoms with Gasteiger partial charge in [0, 0.05) is 10.9 Å². The summed E-state index contributed by atoms with van der Waals surface area (Å²) in [6, 6.07) is 25.2. The van der Waals surface area contributed by atoms with Crippen molar-refractivity contribution in [3.63, 3.8) is 0 Å². The Balaban J connectivity index is 1.61. The van der Waals surface area contributed by atoms with Gasteiger partial charge < -0.3 is 19.7 Å². The topological polar surface area (TPSA) is 63.7 Å². The Morgan fingerprint density at radius 3 is 2.38 bits per heavy atom. The Morgan fingerprint density at radius 1 is 0.971 bits per heavy atom. The highest BCUT2D eigenvalue weighted by atomic mass is 32.1. The van der Waals surface area contributed by atoms with Gasteiger partial charge in [-0.15, -0.1) is 11.3 Å². The van der Waals surface area contributed by atoms with Gasteiger partial charge in [-0.25, -0.2) is 4.98 Å². The zero-order chi connectivity index (χ0) is 23.9. The van der Waals surface area contributed by atoms with Gasteiger partial charge in [-0.05, 0) is 48.9 Å². The molecule has 0 saturated carbocycles. The first-order valence-corrected chi connectivity index (χ1v) is 11.8. The molecule has 4 aromatic rings. The summed E-state index contributed by atoms with van der Waals surface area (Å²) in [5.41, 5.74) is 3.64. The number of benzene rings is 3. The number of carbonyl (C=O) groups is 1. The number of hydrogen-bond donors (Lipinski definition) is 1. The minimum absolute atomic E-state index is 0.104. The summed E-state index contributed by atoms with van der Waals surface area (Å²) < 4.78 is 10.8. The fourth-order valence-electron chi connectivity index (χ4n) is 3.65. The molecule has 0 spiro atoms. The minimum Gasteiger partial charge on any atom is -0.497 e. The third kappa shape index (κ3) is 5.38. The molecule has 0 aliphatic rings. The van der Waals surface area contributed by atoms with E-state index in [1.165, 1.54) is 11.3 Å². The molecule has 1 amide bonds. The first kappa shape index (κ1) is 23.3. The first-order valence-electron chi connectivity index (χ1n) is 10.9. The van der Waals surface area contributed by atoms with E-state index in [0.717, 1.165) is 28.3 Å². The quantitative estimate of drug-likeness (QED) is 0.331. The molecule has 0 bridgehead atoms. The maximum atomic E-state index is 13.1. The number of thiazole rings is 1. The lowest BCUT2D eigenvalue weighted by molar-refractivity contribution is -0.120. The molecule has 34 heavy (non-hydrogen) atoms. The number of rotatable bonds is 9. The normalized spacial score (nSPS) is 11.5. The summed E-state index contributed by atoms with van der Waals surface area (Å²) >= 11 is 1.48. The molecule has 0 saturated heterocycles. The molecule has 1 N–H and O–H groups in total. The summed E-state index contributed by atoms with van der Waals surface area (Å²) in [6.07, 6.45) is 0. The van der Waals surface area contributed by atoms with Gasteiger partial charge in [-0.3, -0.25) is 4.79 Å². The number of amides is 1. The molecule has 0 aliphatic carbocycles. The summed E-state index contributed by atoms with van der Waals surface area (Å²) in [4.78, 5) is 19.8. The fraction of sp³-hybridized carbons (Fsp3) is 0.185. The first-order chi connectivity index (χ1) is 16.6. The summed E-state index contributed by atoms with van der Waals surface area (Å²) in [7, 11) is 3.27. The smallest absolute Gasteiger partial charge is 0.240 e. The zero-order valence-electron chi connectivity index (χ0n) is 19.4. The number of carbonyl (C=O) groups excluding carboxylic acids is 1. The molecule has 0 aliphatic heterocycles. The van der Waals surface area contributed by atoms with Crippen molar-refractivity contribution in [1.82, 2.24) is 10.3 Å². The van der Waals surface area contributed by atoms with Crippen LogP contribution in [0.5, 0.6) is 11.5 Å². The highest BCUT2D eigenvalue weighted by molar-refractivity contribution is 7.14. The van der Waals surface area contributed by atoms with Gasteiger partial charge in [0.05, 0.1) is 31.6 Å². The van der Waals surface area contributed by atoms with Crippen molar-refractivity contribution < 1.29 is 14.3 Å². The van der Waals surface area contributed by atoms with Crippen molar-refractivity contribution in [3.05, 3.63) is 89.8 Å². The van der Waals surface area contributed by atoms with Crippen LogP contribution in [0.3, 0.4) is 0 Å². The highest BCUT2D eigenvalue weighted by Gasteiger charge is 2.22. The van der Waals surface area contributed by atoms with Crippen molar-refractivity contribution in [3.8, 4) is 22.8 Å². The maximum Gasteiger partial charge on any atom is 0.240 e. The van der Waals surface area contributed by atoms with Gasteiger partial charge in [0.1, 0.15) is 18.0 Å². The standard InChI is InChI=1S/C27H27N3O3S/c1-19(20-9-5-4-6-10-20)28-26(31)17-30(24-11-7-8-12-25(24)33-3)27-29-23(18-34-27)21-13-15-22(32-2)16-14-21/h4-16,18-19H,17H2,1-3H3,(H,28,31)/t19-/m0/s1. The average Bonchev–Trinajstić information content (AvgIpc) is 3.38. The van der Waals surface area contributed by atoms with E-state index in [1.807, 2.05) is 96.1 Å². The number of nitrogens with zero attached hydrogens (tertiary/aromatic N) is 2. The average molecular weight is 474 g/mol. The van der Waals surface area contributed by atoms with Crippen LogP contribution in [-0.2, 0) is 4.79 Å². The van der Waals surface area contributed by atoms with Crippen LogP contribution in [0.2, 0.25) is 0 Å². The van der Waals surface area contributed by atoms with Gasteiger partial charge in [0.2, 0.25) is 5.91 Å². The van der Waals surface area contributed by atoms with Gasteiger partial charge in [0.25, 0.3) is 0 Å². The molecular formula is C27H27N3O3S. The molecule has 0 radical (unpaired) electrons. The maximum absolute atomic E-state index is 13.1. The van der Waals surface area contributed by atoms with Gasteiger partial charge >= 0.3 is 0 Å². The van der Waals surface area contributed by atoms with Crippen molar-refractivity contribution in [2.24, 2.45) is 0 Å². The van der Waals surface area contributed by atoms with Crippen LogP contribution < -0.4 is 19.7 Å². The largest absolute Gasteiger partial charge is 0.497 e. The Bertz CT molecular complexity index is 1230. The number of hydrogen-bond acceptors (Lipinski definition) is 6. The minimum atomic E-state index is -0.112. The molecule has 4 rings (SSSR count). The molecule has 1 aromatic heterocycles. The predicted molar refractivity (Wildman–Crippen MR) is 137 cm³/mol. The Labute approximate surface area is 203 Å². The van der Waals surface area contributed by atoms with Crippen molar-refractivity contribution in [2.75, 3.05) is 25.7 Å². The number of aromatic nitrogens is 1. The third-order valence-corrected chi connectivity index (χ3v) is 6.33. The molecule has 0 fully saturated rings. The van der Waals surface area contributed by atoms with E-state index in [-0.39, 0.29) is 18.5 Å². The second kappa shape index (κ2) is 10.9. The predicted octanol–water partition coefficient (Wildman–Crippen LogP) is 5.84. The summed E-state index contributed by atoms with van der Waals surface area (Å²) in [5.74, 6) is 1.36. The Morgan fingerprint density at radius 2 is 1.68 bits per heavy atom. The summed E-state index contributed by atoms with van der Waals surface area (Å²) in [6.45, 7) is 2.08. The molecule has 7 heteroatoms. The number of methoxy groups -OCH3 is 2. The van der Waals surface area contributed by atoms with Crippen LogP contribution in [0.4, 0.5) is 10.8 Å². The van der Waals surface area contributed by atoms with Crippen LogP contribution in [0.15, 0.2) is 84.2 Å². The third-order valence-electron chi connectivity index (χ3n) is 5.46. The number of ether oxygens (including phenoxy) is 2. The number of anilines is 2. The van der Waals surface area contributed by atoms with E-state index in [9.17, 15) is 4.79 Å². The monoisotopic (exact) mass is 473 g/mol. The molecule has 3 aromatic carbocycles. The molecule has 0 unspecified atom stereocenters. The molecule has 174 valence electrons. The van der Waals surface area contributed by atoms with Crippen LogP contribution in [0, 0.1) is 0 Å². The van der Waals surface area contributed by atoms with E-state index in [2.05, 4.69) is 5.32 Å². The fourth-order valence-corrected chi connectivity index (χ4v) is 4.49. The number of para-hydroxylation sites is 2. The number of nitrogens with one attached hydrogen (secondary N) is 1. The lowest BCUT2D eigenvalue weighted by Crippen LogP contribution is -2.36. The van der Waals surface area contributed by atoms with Crippen molar-refractivity contribution >= 4 is 28.1 Å². The van der Waals surface area contributed by atoms with E-state index in [1.54, 1.807) is 14.2 Å². The van der Waals surface area contributed by atoms with Crippen molar-refractivity contribution in [1.29, 1.82) is 0 Å². The van der Waals surface area contributed by atoms with Gasteiger partial charge in [-0.2, -0.15) is 0 Å². The molecule has 1 heterocycles. The second-order valence-electron chi connectivity index (χ2n) is 7.70. The van der Waals surface area contributed by atoms with Crippen LogP contribution in [0.25, 0.3) is 11.3 Å². The zero-order valence-corrected chi connectivity index (χ0v) is 20.2. The lowest BCUT2D eigenvalue weighted by Gasteiger charge is -2.24. The summed E-state index contributed by atoms with van der Waals surface area (Å²) in [5, 5.41) is 5.79. The van der Waals surface area contributed by atoms with Gasteiger partial charge in [0.15, 0.2) is 5.13 Å². The molecular weight excluding hydrogens is 446 g/mol. The van der Waals surface area contributed by atoms with Crippen LogP contribution >= 0.6 is 11.3 Å². The molecule has 6 nitrogen and oxygen atoms in total. The lowest BCUT2D eigenvalue weighted by atomic mass is 10.1. The Kier molecular flexibility index (Phi) is 7.44. The van der Waals surface area contributed by atoms with Crippen molar-refractivity contribution in [2.45, 2.75) is 13.0 Å². The van der Waals surface area contributed by atoms with E-state index >= 15 is 0 Å². The SMILES string of the molecule is COc1ccc(-c2csc(N(CC(=O)N[C@@H](C)c3ccccc3)c3ccccc3OC)n2)cc1. The molecule has 1 atom stereocenters. The highest BCUT2D eigenvalue weighted by Crippen LogP contribution is 2.37. The Hall–Kier alpha value is -3.84. The van der Waals surface area contributed by atoms with Gasteiger partial charge in [-0.1, -0.05) is 42.5 Å². The second-order valence-corrected chi connectivity index (χ2v) is 8.54. The van der Waals surface area contributed by atoms with E-state index in [0.29, 0.717) is 10.9 Å².